The standard InChI is InChI=1S/C15H18N4O2/c1-15(13(20)21,11-7-5-4-6-8-11)18-12-9-10-16-14(17-12)19(2)3/h4-10H,1-3H3,(H,20,21)(H,16,17,18). The summed E-state index contributed by atoms with van der Waals surface area (Å²) in [7, 11) is 3.65. The molecule has 0 aliphatic heterocycles. The summed E-state index contributed by atoms with van der Waals surface area (Å²) in [5.41, 5.74) is -0.610. The first-order valence-electron chi connectivity index (χ1n) is 6.51. The van der Waals surface area contributed by atoms with E-state index in [1.165, 1.54) is 0 Å². The number of rotatable bonds is 5. The van der Waals surface area contributed by atoms with E-state index in [4.69, 9.17) is 0 Å². The van der Waals surface area contributed by atoms with Crippen molar-refractivity contribution in [3.8, 4) is 0 Å². The number of hydrogen-bond donors (Lipinski definition) is 2. The van der Waals surface area contributed by atoms with E-state index in [-0.39, 0.29) is 0 Å². The van der Waals surface area contributed by atoms with Gasteiger partial charge in [0, 0.05) is 20.3 Å². The van der Waals surface area contributed by atoms with Gasteiger partial charge in [-0.15, -0.1) is 0 Å². The van der Waals surface area contributed by atoms with Gasteiger partial charge in [0.25, 0.3) is 0 Å². The average molecular weight is 286 g/mol. The minimum absolute atomic E-state index is 0.461. The van der Waals surface area contributed by atoms with Gasteiger partial charge < -0.3 is 15.3 Å². The Morgan fingerprint density at radius 3 is 2.48 bits per heavy atom. The molecule has 2 aromatic rings. The monoisotopic (exact) mass is 286 g/mol. The molecule has 0 amide bonds. The maximum atomic E-state index is 11.7. The highest BCUT2D eigenvalue weighted by Crippen LogP contribution is 2.26. The number of aliphatic carboxylic acids is 1. The third kappa shape index (κ3) is 3.10. The number of benzene rings is 1. The molecular formula is C15H18N4O2. The Balaban J connectivity index is 2.37. The van der Waals surface area contributed by atoms with Crippen LogP contribution in [0, 0.1) is 0 Å². The van der Waals surface area contributed by atoms with Crippen LogP contribution in [0.4, 0.5) is 11.8 Å². The average Bonchev–Trinajstić information content (AvgIpc) is 2.48. The molecule has 0 bridgehead atoms. The fourth-order valence-corrected chi connectivity index (χ4v) is 1.91. The molecule has 0 radical (unpaired) electrons. The van der Waals surface area contributed by atoms with E-state index in [1.807, 2.05) is 32.3 Å². The van der Waals surface area contributed by atoms with Crippen LogP contribution in [0.1, 0.15) is 12.5 Å². The van der Waals surface area contributed by atoms with Gasteiger partial charge in [-0.25, -0.2) is 9.78 Å². The first-order chi connectivity index (χ1) is 9.93. The summed E-state index contributed by atoms with van der Waals surface area (Å²) >= 11 is 0. The number of anilines is 2. The molecule has 1 atom stereocenters. The maximum Gasteiger partial charge on any atom is 0.333 e. The molecule has 0 spiro atoms. The lowest BCUT2D eigenvalue weighted by molar-refractivity contribution is -0.142. The normalized spacial score (nSPS) is 13.3. The van der Waals surface area contributed by atoms with Crippen molar-refractivity contribution < 1.29 is 9.90 Å². The van der Waals surface area contributed by atoms with Gasteiger partial charge in [0.1, 0.15) is 5.82 Å². The van der Waals surface area contributed by atoms with Gasteiger partial charge in [-0.2, -0.15) is 4.98 Å². The van der Waals surface area contributed by atoms with Crippen LogP contribution in [0.15, 0.2) is 42.6 Å². The molecule has 0 fully saturated rings. The number of carboxylic acid groups (broad SMARTS) is 1. The van der Waals surface area contributed by atoms with Crippen molar-refractivity contribution in [1.82, 2.24) is 9.97 Å². The molecule has 1 aromatic carbocycles. The molecule has 2 N–H and O–H groups in total. The van der Waals surface area contributed by atoms with E-state index in [9.17, 15) is 9.90 Å². The summed E-state index contributed by atoms with van der Waals surface area (Å²) in [5, 5.41) is 12.6. The zero-order valence-electron chi connectivity index (χ0n) is 12.2. The van der Waals surface area contributed by atoms with Crippen molar-refractivity contribution in [3.05, 3.63) is 48.2 Å². The summed E-state index contributed by atoms with van der Waals surface area (Å²) < 4.78 is 0. The van der Waals surface area contributed by atoms with Crippen LogP contribution >= 0.6 is 0 Å². The number of carboxylic acids is 1. The number of carbonyl (C=O) groups is 1. The molecule has 1 unspecified atom stereocenters. The van der Waals surface area contributed by atoms with Gasteiger partial charge in [-0.05, 0) is 18.6 Å². The Morgan fingerprint density at radius 2 is 1.90 bits per heavy atom. The van der Waals surface area contributed by atoms with Gasteiger partial charge >= 0.3 is 5.97 Å². The molecule has 6 heteroatoms. The van der Waals surface area contributed by atoms with Crippen LogP contribution in [0.25, 0.3) is 0 Å². The predicted molar refractivity (Wildman–Crippen MR) is 81.4 cm³/mol. The van der Waals surface area contributed by atoms with Crippen molar-refractivity contribution >= 4 is 17.7 Å². The second kappa shape index (κ2) is 5.78. The molecule has 1 aromatic heterocycles. The van der Waals surface area contributed by atoms with Crippen LogP contribution in [-0.4, -0.2) is 35.1 Å². The van der Waals surface area contributed by atoms with Crippen LogP contribution in [0.2, 0.25) is 0 Å². The van der Waals surface area contributed by atoms with Gasteiger partial charge in [0.05, 0.1) is 0 Å². The van der Waals surface area contributed by atoms with Crippen molar-refractivity contribution in [3.63, 3.8) is 0 Å². The number of nitrogens with zero attached hydrogens (tertiary/aromatic N) is 3. The Morgan fingerprint density at radius 1 is 1.24 bits per heavy atom. The SMILES string of the molecule is CN(C)c1nccc(NC(C)(C(=O)O)c2ccccc2)n1. The molecule has 110 valence electrons. The summed E-state index contributed by atoms with van der Waals surface area (Å²) in [6.45, 7) is 1.61. The Bertz CT molecular complexity index is 631. The number of hydrogen-bond acceptors (Lipinski definition) is 5. The Kier molecular flexibility index (Phi) is 4.07. The van der Waals surface area contributed by atoms with Crippen LogP contribution in [0.3, 0.4) is 0 Å². The van der Waals surface area contributed by atoms with Crippen molar-refractivity contribution in [2.45, 2.75) is 12.5 Å². The molecule has 0 aliphatic carbocycles. The highest BCUT2D eigenvalue weighted by atomic mass is 16.4. The summed E-state index contributed by atoms with van der Waals surface area (Å²) in [6, 6.07) is 10.7. The Hall–Kier alpha value is -2.63. The Labute approximate surface area is 123 Å². The fraction of sp³-hybridized carbons (Fsp3) is 0.267. The second-order valence-electron chi connectivity index (χ2n) is 5.06. The van der Waals surface area contributed by atoms with Gasteiger partial charge in [-0.3, -0.25) is 0 Å². The van der Waals surface area contributed by atoms with Crippen molar-refractivity contribution in [1.29, 1.82) is 0 Å². The van der Waals surface area contributed by atoms with E-state index in [2.05, 4.69) is 15.3 Å². The molecule has 0 saturated carbocycles. The largest absolute Gasteiger partial charge is 0.479 e. The van der Waals surface area contributed by atoms with Crippen molar-refractivity contribution in [2.24, 2.45) is 0 Å². The summed E-state index contributed by atoms with van der Waals surface area (Å²) in [6.07, 6.45) is 1.60. The zero-order valence-corrected chi connectivity index (χ0v) is 12.2. The highest BCUT2D eigenvalue weighted by Gasteiger charge is 2.35. The molecular weight excluding hydrogens is 268 g/mol. The zero-order chi connectivity index (χ0) is 15.5. The first-order valence-corrected chi connectivity index (χ1v) is 6.51. The number of aromatic nitrogens is 2. The van der Waals surface area contributed by atoms with Crippen LogP contribution in [0.5, 0.6) is 0 Å². The lowest BCUT2D eigenvalue weighted by Crippen LogP contribution is -2.40. The molecule has 0 aliphatic rings. The lowest BCUT2D eigenvalue weighted by atomic mass is 9.92. The first kappa shape index (κ1) is 14.8. The minimum Gasteiger partial charge on any atom is -0.479 e. The number of nitrogens with one attached hydrogen (secondary N) is 1. The summed E-state index contributed by atoms with van der Waals surface area (Å²) in [5.74, 6) is 0.00182. The van der Waals surface area contributed by atoms with Crippen LogP contribution < -0.4 is 10.2 Å². The summed E-state index contributed by atoms with van der Waals surface area (Å²) in [4.78, 5) is 21.9. The minimum atomic E-state index is -1.26. The second-order valence-corrected chi connectivity index (χ2v) is 5.06. The topological polar surface area (TPSA) is 78.4 Å². The van der Waals surface area contributed by atoms with E-state index >= 15 is 0 Å². The highest BCUT2D eigenvalue weighted by molar-refractivity contribution is 5.83. The van der Waals surface area contributed by atoms with Gasteiger partial charge in [-0.1, -0.05) is 30.3 Å². The van der Waals surface area contributed by atoms with E-state index in [1.54, 1.807) is 36.2 Å². The van der Waals surface area contributed by atoms with E-state index in [0.717, 1.165) is 0 Å². The molecule has 6 nitrogen and oxygen atoms in total. The third-order valence-corrected chi connectivity index (χ3v) is 3.20. The van der Waals surface area contributed by atoms with Crippen molar-refractivity contribution in [2.75, 3.05) is 24.3 Å². The molecule has 2 rings (SSSR count). The van der Waals surface area contributed by atoms with Crippen LogP contribution in [-0.2, 0) is 10.3 Å². The molecule has 0 saturated heterocycles. The predicted octanol–water partition coefficient (Wildman–Crippen LogP) is 1.95. The molecule has 21 heavy (non-hydrogen) atoms. The van der Waals surface area contributed by atoms with Gasteiger partial charge in [0.15, 0.2) is 5.54 Å². The quantitative estimate of drug-likeness (QED) is 0.874. The third-order valence-electron chi connectivity index (χ3n) is 3.20. The maximum absolute atomic E-state index is 11.7. The smallest absolute Gasteiger partial charge is 0.333 e. The van der Waals surface area contributed by atoms with E-state index in [0.29, 0.717) is 17.3 Å². The van der Waals surface area contributed by atoms with Gasteiger partial charge in [0.2, 0.25) is 5.95 Å². The lowest BCUT2D eigenvalue weighted by Gasteiger charge is -2.27. The molecule has 1 heterocycles. The van der Waals surface area contributed by atoms with E-state index < -0.39 is 11.5 Å². The fourth-order valence-electron chi connectivity index (χ4n) is 1.91.